The normalized spacial score (nSPS) is 11.4. The van der Waals surface area contributed by atoms with Gasteiger partial charge in [-0.1, -0.05) is 55.5 Å². The number of imidazole rings is 1. The maximum atomic E-state index is 14.7. The molecule has 0 radical (unpaired) electrons. The standard InChI is InChI=1S/C27H23FN2S/c1-2-15-31-22-13-14-25-26(17-22)30(27(29-25)23-9-5-6-10-24(23)28)18-19-11-12-20-7-3-4-8-21(20)16-19/h3-14,16-17H,2,15,18H2,1H3. The van der Waals surface area contributed by atoms with E-state index >= 15 is 0 Å². The van der Waals surface area contributed by atoms with Crippen LogP contribution >= 0.6 is 11.8 Å². The average molecular weight is 427 g/mol. The van der Waals surface area contributed by atoms with Gasteiger partial charge in [0.15, 0.2) is 0 Å². The number of hydrogen-bond donors (Lipinski definition) is 0. The molecule has 1 aromatic heterocycles. The smallest absolute Gasteiger partial charge is 0.144 e. The molecule has 154 valence electrons. The molecule has 0 saturated heterocycles. The summed E-state index contributed by atoms with van der Waals surface area (Å²) in [6.45, 7) is 2.82. The highest BCUT2D eigenvalue weighted by atomic mass is 32.2. The van der Waals surface area contributed by atoms with Crippen LogP contribution in [-0.2, 0) is 6.54 Å². The summed E-state index contributed by atoms with van der Waals surface area (Å²) in [5.74, 6) is 1.49. The lowest BCUT2D eigenvalue weighted by atomic mass is 10.1. The lowest BCUT2D eigenvalue weighted by Gasteiger charge is -2.12. The third kappa shape index (κ3) is 3.96. The molecule has 0 bridgehead atoms. The van der Waals surface area contributed by atoms with E-state index in [2.05, 4.69) is 72.2 Å². The molecule has 5 aromatic rings. The van der Waals surface area contributed by atoms with E-state index in [-0.39, 0.29) is 5.82 Å². The highest BCUT2D eigenvalue weighted by Gasteiger charge is 2.16. The van der Waals surface area contributed by atoms with Crippen LogP contribution in [0.5, 0.6) is 0 Å². The lowest BCUT2D eigenvalue weighted by Crippen LogP contribution is -2.03. The number of thioether (sulfide) groups is 1. The molecule has 4 aromatic carbocycles. The molecular formula is C27H23FN2S. The van der Waals surface area contributed by atoms with Crippen LogP contribution in [0.1, 0.15) is 18.9 Å². The van der Waals surface area contributed by atoms with Crippen molar-refractivity contribution in [2.24, 2.45) is 0 Å². The molecule has 0 saturated carbocycles. The number of hydrogen-bond acceptors (Lipinski definition) is 2. The minimum Gasteiger partial charge on any atom is -0.319 e. The van der Waals surface area contributed by atoms with Gasteiger partial charge in [0.05, 0.1) is 16.6 Å². The Kier molecular flexibility index (Phi) is 5.47. The molecule has 31 heavy (non-hydrogen) atoms. The highest BCUT2D eigenvalue weighted by Crippen LogP contribution is 2.31. The molecule has 0 spiro atoms. The monoisotopic (exact) mass is 426 g/mol. The van der Waals surface area contributed by atoms with Gasteiger partial charge in [0, 0.05) is 11.4 Å². The van der Waals surface area contributed by atoms with Gasteiger partial charge in [-0.15, -0.1) is 11.8 Å². The van der Waals surface area contributed by atoms with Crippen LogP contribution in [0.2, 0.25) is 0 Å². The van der Waals surface area contributed by atoms with Gasteiger partial charge < -0.3 is 4.57 Å². The van der Waals surface area contributed by atoms with Crippen LogP contribution in [0.4, 0.5) is 4.39 Å². The third-order valence-corrected chi connectivity index (χ3v) is 6.66. The molecule has 4 heteroatoms. The van der Waals surface area contributed by atoms with E-state index in [0.717, 1.165) is 23.2 Å². The number of benzene rings is 4. The Morgan fingerprint density at radius 2 is 1.68 bits per heavy atom. The average Bonchev–Trinajstić information content (AvgIpc) is 3.15. The summed E-state index contributed by atoms with van der Waals surface area (Å²) in [5, 5.41) is 2.42. The van der Waals surface area contributed by atoms with E-state index < -0.39 is 0 Å². The first-order valence-corrected chi connectivity index (χ1v) is 11.6. The van der Waals surface area contributed by atoms with Gasteiger partial charge in [0.25, 0.3) is 0 Å². The van der Waals surface area contributed by atoms with Crippen LogP contribution in [0.25, 0.3) is 33.2 Å². The van der Waals surface area contributed by atoms with E-state index in [1.807, 2.05) is 17.8 Å². The fourth-order valence-corrected chi connectivity index (χ4v) is 4.74. The first-order valence-electron chi connectivity index (χ1n) is 10.6. The Hall–Kier alpha value is -3.11. The summed E-state index contributed by atoms with van der Waals surface area (Å²) in [6, 6.07) is 28.1. The quantitative estimate of drug-likeness (QED) is 0.261. The van der Waals surface area contributed by atoms with Crippen LogP contribution in [-0.4, -0.2) is 15.3 Å². The fraction of sp³-hybridized carbons (Fsp3) is 0.148. The molecule has 0 amide bonds. The summed E-state index contributed by atoms with van der Waals surface area (Å²) in [5.41, 5.74) is 3.62. The zero-order valence-electron chi connectivity index (χ0n) is 17.4. The highest BCUT2D eigenvalue weighted by molar-refractivity contribution is 7.99. The summed E-state index contributed by atoms with van der Waals surface area (Å²) in [7, 11) is 0. The van der Waals surface area contributed by atoms with Crippen molar-refractivity contribution in [1.82, 2.24) is 9.55 Å². The van der Waals surface area contributed by atoms with E-state index in [9.17, 15) is 4.39 Å². The van der Waals surface area contributed by atoms with Crippen LogP contribution in [0, 0.1) is 5.82 Å². The van der Waals surface area contributed by atoms with Gasteiger partial charge in [0.1, 0.15) is 11.6 Å². The molecule has 0 unspecified atom stereocenters. The second kappa shape index (κ2) is 8.56. The summed E-state index contributed by atoms with van der Waals surface area (Å²) >= 11 is 1.85. The number of halogens is 1. The van der Waals surface area contributed by atoms with Crippen LogP contribution < -0.4 is 0 Å². The third-order valence-electron chi connectivity index (χ3n) is 5.46. The zero-order valence-corrected chi connectivity index (χ0v) is 18.2. The predicted octanol–water partition coefficient (Wildman–Crippen LogP) is 7.55. The zero-order chi connectivity index (χ0) is 21.2. The van der Waals surface area contributed by atoms with Crippen molar-refractivity contribution >= 4 is 33.6 Å². The molecule has 0 fully saturated rings. The van der Waals surface area contributed by atoms with Crippen molar-refractivity contribution in [1.29, 1.82) is 0 Å². The molecule has 0 N–H and O–H groups in total. The number of fused-ring (bicyclic) bond motifs is 2. The molecule has 0 aliphatic heterocycles. The van der Waals surface area contributed by atoms with Gasteiger partial charge in [-0.25, -0.2) is 9.37 Å². The molecule has 0 aliphatic carbocycles. The SMILES string of the molecule is CCCSc1ccc2nc(-c3ccccc3F)n(Cc3ccc4ccccc4c3)c2c1. The van der Waals surface area contributed by atoms with Gasteiger partial charge in [0.2, 0.25) is 0 Å². The van der Waals surface area contributed by atoms with E-state index in [1.54, 1.807) is 12.1 Å². The lowest BCUT2D eigenvalue weighted by molar-refractivity contribution is 0.628. The van der Waals surface area contributed by atoms with E-state index in [4.69, 9.17) is 4.98 Å². The van der Waals surface area contributed by atoms with E-state index in [0.29, 0.717) is 17.9 Å². The molecule has 0 atom stereocenters. The Morgan fingerprint density at radius 3 is 2.52 bits per heavy atom. The maximum absolute atomic E-state index is 14.7. The predicted molar refractivity (Wildman–Crippen MR) is 129 cm³/mol. The number of nitrogens with zero attached hydrogens (tertiary/aromatic N) is 2. The number of aromatic nitrogens is 2. The first-order chi connectivity index (χ1) is 15.2. The van der Waals surface area contributed by atoms with Gasteiger partial charge in [-0.2, -0.15) is 0 Å². The summed E-state index contributed by atoms with van der Waals surface area (Å²) in [4.78, 5) is 6.05. The maximum Gasteiger partial charge on any atom is 0.144 e. The molecule has 5 rings (SSSR count). The second-order valence-electron chi connectivity index (χ2n) is 7.68. The van der Waals surface area contributed by atoms with Gasteiger partial charge in [-0.3, -0.25) is 0 Å². The summed E-state index contributed by atoms with van der Waals surface area (Å²) < 4.78 is 16.9. The van der Waals surface area contributed by atoms with Crippen molar-refractivity contribution in [3.8, 4) is 11.4 Å². The first kappa shape index (κ1) is 19.8. The number of rotatable bonds is 6. The van der Waals surface area contributed by atoms with Crippen molar-refractivity contribution in [2.45, 2.75) is 24.8 Å². The molecule has 0 aliphatic rings. The Morgan fingerprint density at radius 1 is 0.871 bits per heavy atom. The fourth-order valence-electron chi connectivity index (χ4n) is 3.94. The van der Waals surface area contributed by atoms with Gasteiger partial charge >= 0.3 is 0 Å². The molecule has 1 heterocycles. The van der Waals surface area contributed by atoms with Crippen molar-refractivity contribution in [2.75, 3.05) is 5.75 Å². The topological polar surface area (TPSA) is 17.8 Å². The van der Waals surface area contributed by atoms with Crippen molar-refractivity contribution < 1.29 is 4.39 Å². The Balaban J connectivity index is 1.66. The van der Waals surface area contributed by atoms with Crippen molar-refractivity contribution in [3.63, 3.8) is 0 Å². The van der Waals surface area contributed by atoms with Gasteiger partial charge in [-0.05, 0) is 64.9 Å². The Labute approximate surface area is 185 Å². The Bertz CT molecular complexity index is 1370. The molecule has 2 nitrogen and oxygen atoms in total. The van der Waals surface area contributed by atoms with E-state index in [1.165, 1.54) is 27.3 Å². The van der Waals surface area contributed by atoms with Crippen LogP contribution in [0.15, 0.2) is 89.8 Å². The second-order valence-corrected chi connectivity index (χ2v) is 8.85. The minimum atomic E-state index is -0.252. The molecular weight excluding hydrogens is 403 g/mol. The van der Waals surface area contributed by atoms with Crippen LogP contribution in [0.3, 0.4) is 0 Å². The minimum absolute atomic E-state index is 0.252. The largest absolute Gasteiger partial charge is 0.319 e. The summed E-state index contributed by atoms with van der Waals surface area (Å²) in [6.07, 6.45) is 1.12. The van der Waals surface area contributed by atoms with Crippen molar-refractivity contribution in [3.05, 3.63) is 96.3 Å².